The molecule has 5 nitrogen and oxygen atoms in total. The number of aromatic nitrogens is 2. The van der Waals surface area contributed by atoms with Gasteiger partial charge in [0.15, 0.2) is 0 Å². The van der Waals surface area contributed by atoms with Gasteiger partial charge in [-0.1, -0.05) is 30.3 Å². The predicted octanol–water partition coefficient (Wildman–Crippen LogP) is 5.49. The summed E-state index contributed by atoms with van der Waals surface area (Å²) in [5.41, 5.74) is 7.59. The molecule has 0 aliphatic heterocycles. The number of aromatic hydroxyl groups is 1. The van der Waals surface area contributed by atoms with Crippen molar-refractivity contribution in [2.75, 3.05) is 5.43 Å². The molecule has 0 radical (unpaired) electrons. The van der Waals surface area contributed by atoms with Crippen molar-refractivity contribution in [2.24, 2.45) is 5.10 Å². The highest BCUT2D eigenvalue weighted by atomic mass is 19.1. The molecule has 1 aromatic heterocycles. The molecular formula is C24H19FN4O. The molecule has 6 heteroatoms. The van der Waals surface area contributed by atoms with Gasteiger partial charge in [0.25, 0.3) is 0 Å². The Kier molecular flexibility index (Phi) is 5.48. The topological polar surface area (TPSA) is 70.4 Å². The normalized spacial score (nSPS) is 11.3. The van der Waals surface area contributed by atoms with E-state index in [9.17, 15) is 9.50 Å². The van der Waals surface area contributed by atoms with Crippen molar-refractivity contribution in [1.29, 1.82) is 0 Å². The van der Waals surface area contributed by atoms with Gasteiger partial charge in [0.05, 0.1) is 17.1 Å². The number of rotatable bonds is 5. The van der Waals surface area contributed by atoms with E-state index in [1.807, 2.05) is 43.3 Å². The summed E-state index contributed by atoms with van der Waals surface area (Å²) in [5, 5.41) is 13.8. The van der Waals surface area contributed by atoms with E-state index >= 15 is 0 Å². The Hall–Kier alpha value is -4.06. The van der Waals surface area contributed by atoms with Gasteiger partial charge < -0.3 is 5.11 Å². The minimum Gasteiger partial charge on any atom is -0.508 e. The Labute approximate surface area is 173 Å². The van der Waals surface area contributed by atoms with Gasteiger partial charge >= 0.3 is 0 Å². The number of halogens is 1. The molecule has 1 heterocycles. The summed E-state index contributed by atoms with van der Waals surface area (Å²) < 4.78 is 13.3. The molecule has 0 atom stereocenters. The molecular weight excluding hydrogens is 379 g/mol. The van der Waals surface area contributed by atoms with E-state index in [2.05, 4.69) is 20.5 Å². The van der Waals surface area contributed by atoms with Crippen LogP contribution in [0.4, 0.5) is 10.3 Å². The van der Waals surface area contributed by atoms with Crippen molar-refractivity contribution in [3.05, 3.63) is 96.3 Å². The maximum atomic E-state index is 13.3. The summed E-state index contributed by atoms with van der Waals surface area (Å²) in [7, 11) is 0. The Morgan fingerprint density at radius 2 is 1.43 bits per heavy atom. The van der Waals surface area contributed by atoms with Crippen molar-refractivity contribution in [3.8, 4) is 28.3 Å². The van der Waals surface area contributed by atoms with E-state index in [1.165, 1.54) is 12.1 Å². The summed E-state index contributed by atoms with van der Waals surface area (Å²) in [6.45, 7) is 1.85. The highest BCUT2D eigenvalue weighted by molar-refractivity contribution is 5.99. The van der Waals surface area contributed by atoms with Crippen LogP contribution in [-0.4, -0.2) is 20.8 Å². The maximum absolute atomic E-state index is 13.3. The van der Waals surface area contributed by atoms with E-state index < -0.39 is 0 Å². The van der Waals surface area contributed by atoms with Crippen molar-refractivity contribution < 1.29 is 9.50 Å². The van der Waals surface area contributed by atoms with Crippen LogP contribution in [0.25, 0.3) is 22.5 Å². The first-order valence-corrected chi connectivity index (χ1v) is 9.38. The summed E-state index contributed by atoms with van der Waals surface area (Å²) in [6.07, 6.45) is 0. The summed E-state index contributed by atoms with van der Waals surface area (Å²) in [5.74, 6) is 0.222. The van der Waals surface area contributed by atoms with Crippen LogP contribution in [0, 0.1) is 5.82 Å². The zero-order chi connectivity index (χ0) is 20.9. The number of nitrogens with zero attached hydrogens (tertiary/aromatic N) is 3. The lowest BCUT2D eigenvalue weighted by molar-refractivity contribution is 0.475. The summed E-state index contributed by atoms with van der Waals surface area (Å²) >= 11 is 0. The van der Waals surface area contributed by atoms with Gasteiger partial charge in [-0.25, -0.2) is 19.8 Å². The minimum atomic E-state index is -0.302. The molecule has 4 aromatic rings. The van der Waals surface area contributed by atoms with Crippen molar-refractivity contribution in [2.45, 2.75) is 6.92 Å². The minimum absolute atomic E-state index is 0.197. The monoisotopic (exact) mass is 398 g/mol. The quantitative estimate of drug-likeness (QED) is 0.344. The molecule has 2 N–H and O–H groups in total. The van der Waals surface area contributed by atoms with Gasteiger partial charge in [0.2, 0.25) is 5.95 Å². The number of hydrazone groups is 1. The Balaban J connectivity index is 1.71. The Morgan fingerprint density at radius 3 is 2.07 bits per heavy atom. The molecule has 0 aliphatic rings. The van der Waals surface area contributed by atoms with E-state index in [0.29, 0.717) is 17.4 Å². The number of anilines is 1. The average Bonchev–Trinajstić information content (AvgIpc) is 2.79. The molecule has 4 rings (SSSR count). The van der Waals surface area contributed by atoms with Crippen LogP contribution in [0.2, 0.25) is 0 Å². The van der Waals surface area contributed by atoms with Crippen LogP contribution in [0.15, 0.2) is 90.0 Å². The smallest absolute Gasteiger partial charge is 0.244 e. The van der Waals surface area contributed by atoms with Crippen LogP contribution >= 0.6 is 0 Å². The molecule has 0 bridgehead atoms. The Morgan fingerprint density at radius 1 is 0.833 bits per heavy atom. The second kappa shape index (κ2) is 8.53. The van der Waals surface area contributed by atoms with Gasteiger partial charge in [-0.2, -0.15) is 5.10 Å². The molecule has 148 valence electrons. The molecule has 0 saturated carbocycles. The number of phenols is 1. The molecule has 0 amide bonds. The van der Waals surface area contributed by atoms with Gasteiger partial charge in [-0.3, -0.25) is 0 Å². The molecule has 0 aliphatic carbocycles. The molecule has 0 unspecified atom stereocenters. The second-order valence-corrected chi connectivity index (χ2v) is 6.69. The van der Waals surface area contributed by atoms with Crippen LogP contribution in [0.3, 0.4) is 0 Å². The fourth-order valence-electron chi connectivity index (χ4n) is 2.92. The van der Waals surface area contributed by atoms with Gasteiger partial charge in [0.1, 0.15) is 11.6 Å². The zero-order valence-electron chi connectivity index (χ0n) is 16.2. The van der Waals surface area contributed by atoms with E-state index in [0.717, 1.165) is 22.4 Å². The SMILES string of the molecule is CC(=NNc1nc(-c2ccccc2)cc(-c2ccc(F)cc2)n1)c1ccc(O)cc1. The number of benzene rings is 3. The second-order valence-electron chi connectivity index (χ2n) is 6.69. The molecule has 0 spiro atoms. The number of phenolic OH excluding ortho intramolecular Hbond substituents is 1. The first kappa shape index (κ1) is 19.3. The Bertz CT molecular complexity index is 1170. The van der Waals surface area contributed by atoms with Gasteiger partial charge in [-0.05, 0) is 67.1 Å². The van der Waals surface area contributed by atoms with Crippen molar-refractivity contribution in [1.82, 2.24) is 9.97 Å². The number of hydrogen-bond acceptors (Lipinski definition) is 5. The van der Waals surface area contributed by atoms with E-state index in [-0.39, 0.29) is 11.6 Å². The van der Waals surface area contributed by atoms with E-state index in [1.54, 1.807) is 36.4 Å². The predicted molar refractivity (Wildman–Crippen MR) is 117 cm³/mol. The standard InChI is InChI=1S/C24H19FN4O/c1-16(17-9-13-21(30)14-10-17)28-29-24-26-22(18-5-3-2-4-6-18)15-23(27-24)19-7-11-20(25)12-8-19/h2-15,30H,1H3,(H,26,27,29). The van der Waals surface area contributed by atoms with Crippen LogP contribution in [0.1, 0.15) is 12.5 Å². The molecule has 0 saturated heterocycles. The lowest BCUT2D eigenvalue weighted by Gasteiger charge is -2.09. The maximum Gasteiger partial charge on any atom is 0.244 e. The molecule has 30 heavy (non-hydrogen) atoms. The highest BCUT2D eigenvalue weighted by Gasteiger charge is 2.09. The molecule has 0 fully saturated rings. The third-order valence-corrected chi connectivity index (χ3v) is 4.54. The van der Waals surface area contributed by atoms with Crippen LogP contribution in [-0.2, 0) is 0 Å². The van der Waals surface area contributed by atoms with Crippen molar-refractivity contribution >= 4 is 11.7 Å². The largest absolute Gasteiger partial charge is 0.508 e. The fraction of sp³-hybridized carbons (Fsp3) is 0.0417. The molecule has 3 aromatic carbocycles. The van der Waals surface area contributed by atoms with Gasteiger partial charge in [0, 0.05) is 11.1 Å². The fourth-order valence-corrected chi connectivity index (χ4v) is 2.92. The average molecular weight is 398 g/mol. The van der Waals surface area contributed by atoms with Crippen molar-refractivity contribution in [3.63, 3.8) is 0 Å². The lowest BCUT2D eigenvalue weighted by Crippen LogP contribution is -2.04. The number of nitrogens with one attached hydrogen (secondary N) is 1. The summed E-state index contributed by atoms with van der Waals surface area (Å²) in [4.78, 5) is 9.13. The van der Waals surface area contributed by atoms with E-state index in [4.69, 9.17) is 0 Å². The first-order valence-electron chi connectivity index (χ1n) is 9.38. The van der Waals surface area contributed by atoms with Crippen LogP contribution in [0.5, 0.6) is 5.75 Å². The zero-order valence-corrected chi connectivity index (χ0v) is 16.2. The number of hydrogen-bond donors (Lipinski definition) is 2. The third kappa shape index (κ3) is 4.50. The third-order valence-electron chi connectivity index (χ3n) is 4.54. The van der Waals surface area contributed by atoms with Crippen LogP contribution < -0.4 is 5.43 Å². The first-order chi connectivity index (χ1) is 14.6. The van der Waals surface area contributed by atoms with Gasteiger partial charge in [-0.15, -0.1) is 0 Å². The summed E-state index contributed by atoms with van der Waals surface area (Å²) in [6, 6.07) is 24.5. The highest BCUT2D eigenvalue weighted by Crippen LogP contribution is 2.25. The lowest BCUT2D eigenvalue weighted by atomic mass is 10.1.